The Labute approximate surface area is 84.0 Å². The zero-order chi connectivity index (χ0) is 9.38. The molecule has 14 heavy (non-hydrogen) atoms. The maximum atomic E-state index is 5.19. The quantitative estimate of drug-likeness (QED) is 0.609. The van der Waals surface area contributed by atoms with Gasteiger partial charge in [-0.3, -0.25) is 0 Å². The first kappa shape index (κ1) is 7.70. The van der Waals surface area contributed by atoms with Crippen molar-refractivity contribution < 1.29 is 4.42 Å². The zero-order valence-corrected chi connectivity index (χ0v) is 7.99. The Balaban J connectivity index is 2.24. The molecule has 0 unspecified atom stereocenters. The van der Waals surface area contributed by atoms with Gasteiger partial charge in [-0.05, 0) is 12.1 Å². The average molecular weight is 202 g/mol. The van der Waals surface area contributed by atoms with Crippen molar-refractivity contribution in [1.29, 1.82) is 0 Å². The summed E-state index contributed by atoms with van der Waals surface area (Å²) in [6.07, 6.45) is 3.18. The van der Waals surface area contributed by atoms with E-state index < -0.39 is 0 Å². The average Bonchev–Trinajstić information content (AvgIpc) is 2.86. The van der Waals surface area contributed by atoms with Gasteiger partial charge in [0.25, 0.3) is 5.89 Å². The molecule has 0 amide bonds. The van der Waals surface area contributed by atoms with Crippen molar-refractivity contribution in [2.75, 3.05) is 0 Å². The van der Waals surface area contributed by atoms with Crippen molar-refractivity contribution in [3.8, 4) is 10.9 Å². The number of para-hydroxylation sites is 1. The van der Waals surface area contributed by atoms with Crippen LogP contribution < -0.4 is 0 Å². The lowest BCUT2D eigenvalue weighted by molar-refractivity contribution is 0.574. The Morgan fingerprint density at radius 2 is 2.14 bits per heavy atom. The van der Waals surface area contributed by atoms with Gasteiger partial charge in [-0.15, -0.1) is 11.3 Å². The second-order valence-corrected chi connectivity index (χ2v) is 3.85. The van der Waals surface area contributed by atoms with E-state index in [9.17, 15) is 0 Å². The highest BCUT2D eigenvalue weighted by molar-refractivity contribution is 7.21. The molecule has 0 spiro atoms. The van der Waals surface area contributed by atoms with Gasteiger partial charge in [0.15, 0.2) is 5.01 Å². The molecule has 2 aromatic heterocycles. The summed E-state index contributed by atoms with van der Waals surface area (Å²) >= 11 is 1.59. The normalized spacial score (nSPS) is 10.9. The van der Waals surface area contributed by atoms with E-state index in [2.05, 4.69) is 9.97 Å². The van der Waals surface area contributed by atoms with Crippen LogP contribution in [0.3, 0.4) is 0 Å². The van der Waals surface area contributed by atoms with E-state index in [-0.39, 0.29) is 0 Å². The van der Waals surface area contributed by atoms with Crippen LogP contribution in [0.2, 0.25) is 0 Å². The summed E-state index contributed by atoms with van der Waals surface area (Å²) in [6, 6.07) is 8.00. The molecule has 0 radical (unpaired) electrons. The number of hydrogen-bond acceptors (Lipinski definition) is 4. The lowest BCUT2D eigenvalue weighted by Crippen LogP contribution is -1.72. The Bertz CT molecular complexity index is 523. The van der Waals surface area contributed by atoms with E-state index in [0.717, 1.165) is 15.2 Å². The Kier molecular flexibility index (Phi) is 1.61. The predicted molar refractivity (Wildman–Crippen MR) is 55.1 cm³/mol. The van der Waals surface area contributed by atoms with Crippen molar-refractivity contribution >= 4 is 21.6 Å². The molecule has 68 valence electrons. The van der Waals surface area contributed by atoms with Gasteiger partial charge in [-0.1, -0.05) is 12.1 Å². The molecule has 0 aliphatic carbocycles. The minimum absolute atomic E-state index is 0.589. The third-order valence-electron chi connectivity index (χ3n) is 1.91. The molecule has 0 N–H and O–H groups in total. The number of hydrogen-bond donors (Lipinski definition) is 0. The maximum absolute atomic E-state index is 5.19. The highest BCUT2D eigenvalue weighted by atomic mass is 32.1. The molecule has 0 aliphatic heterocycles. The predicted octanol–water partition coefficient (Wildman–Crippen LogP) is 2.95. The molecule has 2 heterocycles. The van der Waals surface area contributed by atoms with Crippen LogP contribution >= 0.6 is 11.3 Å². The summed E-state index contributed by atoms with van der Waals surface area (Å²) in [6.45, 7) is 0. The number of aromatic nitrogens is 2. The molecule has 0 aliphatic rings. The first-order valence-electron chi connectivity index (χ1n) is 4.19. The first-order valence-corrected chi connectivity index (χ1v) is 5.00. The van der Waals surface area contributed by atoms with Crippen molar-refractivity contribution in [3.63, 3.8) is 0 Å². The summed E-state index contributed by atoms with van der Waals surface area (Å²) in [5.41, 5.74) is 0.991. The van der Waals surface area contributed by atoms with E-state index >= 15 is 0 Å². The minimum Gasteiger partial charge on any atom is -0.443 e. The molecular formula is C10H6N2OS. The van der Waals surface area contributed by atoms with Gasteiger partial charge in [0, 0.05) is 0 Å². The zero-order valence-electron chi connectivity index (χ0n) is 7.18. The van der Waals surface area contributed by atoms with Crippen molar-refractivity contribution in [1.82, 2.24) is 9.97 Å². The van der Waals surface area contributed by atoms with Crippen LogP contribution in [-0.2, 0) is 0 Å². The number of fused-ring (bicyclic) bond motifs is 1. The molecule has 1 aromatic carbocycles. The number of oxazole rings is 1. The van der Waals surface area contributed by atoms with Crippen LogP contribution in [0.1, 0.15) is 0 Å². The third-order valence-corrected chi connectivity index (χ3v) is 2.93. The summed E-state index contributed by atoms with van der Waals surface area (Å²) in [5, 5.41) is 0.830. The third kappa shape index (κ3) is 1.12. The summed E-state index contributed by atoms with van der Waals surface area (Å²) < 4.78 is 6.34. The highest BCUT2D eigenvalue weighted by Crippen LogP contribution is 2.28. The SMILES string of the molecule is c1ccc2sc(-c3ncco3)nc2c1. The second kappa shape index (κ2) is 2.92. The lowest BCUT2D eigenvalue weighted by Gasteiger charge is -1.82. The molecule has 0 saturated carbocycles. The molecule has 3 rings (SSSR count). The van der Waals surface area contributed by atoms with Gasteiger partial charge in [-0.2, -0.15) is 0 Å². The number of nitrogens with zero attached hydrogens (tertiary/aromatic N) is 2. The van der Waals surface area contributed by atoms with Gasteiger partial charge in [0.2, 0.25) is 0 Å². The minimum atomic E-state index is 0.589. The van der Waals surface area contributed by atoms with Crippen LogP contribution in [0.4, 0.5) is 0 Å². The van der Waals surface area contributed by atoms with Gasteiger partial charge in [0.1, 0.15) is 6.26 Å². The van der Waals surface area contributed by atoms with E-state index in [1.54, 1.807) is 23.8 Å². The fraction of sp³-hybridized carbons (Fsp3) is 0. The van der Waals surface area contributed by atoms with Crippen molar-refractivity contribution in [3.05, 3.63) is 36.7 Å². The van der Waals surface area contributed by atoms with E-state index in [1.807, 2.05) is 24.3 Å². The van der Waals surface area contributed by atoms with Gasteiger partial charge in [0.05, 0.1) is 16.4 Å². The second-order valence-electron chi connectivity index (χ2n) is 2.82. The fourth-order valence-electron chi connectivity index (χ4n) is 1.29. The van der Waals surface area contributed by atoms with Crippen LogP contribution in [-0.4, -0.2) is 9.97 Å². The molecule has 0 atom stereocenters. The first-order chi connectivity index (χ1) is 6.93. The topological polar surface area (TPSA) is 38.9 Å². The molecule has 3 nitrogen and oxygen atoms in total. The molecular weight excluding hydrogens is 196 g/mol. The standard InChI is InChI=1S/C10H6N2OS/c1-2-4-8-7(3-1)12-10(14-8)9-11-5-6-13-9/h1-6H. The van der Waals surface area contributed by atoms with E-state index in [4.69, 9.17) is 4.42 Å². The monoisotopic (exact) mass is 202 g/mol. The van der Waals surface area contributed by atoms with Crippen LogP contribution in [0.15, 0.2) is 41.1 Å². The van der Waals surface area contributed by atoms with E-state index in [1.165, 1.54) is 0 Å². The molecule has 0 fully saturated rings. The lowest BCUT2D eigenvalue weighted by atomic mass is 10.3. The maximum Gasteiger partial charge on any atom is 0.255 e. The highest BCUT2D eigenvalue weighted by Gasteiger charge is 2.08. The number of rotatable bonds is 1. The van der Waals surface area contributed by atoms with Crippen LogP contribution in [0, 0.1) is 0 Å². The van der Waals surface area contributed by atoms with Gasteiger partial charge >= 0.3 is 0 Å². The number of benzene rings is 1. The summed E-state index contributed by atoms with van der Waals surface area (Å²) in [7, 11) is 0. The van der Waals surface area contributed by atoms with Crippen molar-refractivity contribution in [2.45, 2.75) is 0 Å². The Morgan fingerprint density at radius 3 is 2.93 bits per heavy atom. The molecule has 3 aromatic rings. The summed E-state index contributed by atoms with van der Waals surface area (Å²) in [4.78, 5) is 8.48. The largest absolute Gasteiger partial charge is 0.443 e. The van der Waals surface area contributed by atoms with Gasteiger partial charge in [-0.25, -0.2) is 9.97 Å². The van der Waals surface area contributed by atoms with Crippen molar-refractivity contribution in [2.24, 2.45) is 0 Å². The van der Waals surface area contributed by atoms with Gasteiger partial charge < -0.3 is 4.42 Å². The van der Waals surface area contributed by atoms with Crippen LogP contribution in [0.5, 0.6) is 0 Å². The molecule has 4 heteroatoms. The summed E-state index contributed by atoms with van der Waals surface area (Å²) in [5.74, 6) is 0.589. The molecule has 0 bridgehead atoms. The smallest absolute Gasteiger partial charge is 0.255 e. The molecule has 0 saturated heterocycles. The Morgan fingerprint density at radius 1 is 1.21 bits per heavy atom. The Hall–Kier alpha value is -1.68. The van der Waals surface area contributed by atoms with E-state index in [0.29, 0.717) is 5.89 Å². The number of thiazole rings is 1. The fourth-order valence-corrected chi connectivity index (χ4v) is 2.20. The van der Waals surface area contributed by atoms with Crippen LogP contribution in [0.25, 0.3) is 21.1 Å².